The van der Waals surface area contributed by atoms with Crippen LogP contribution in [0, 0.1) is 6.92 Å². The SMILES string of the molecule is Cc1ccccc1NS(=O)(=O)c1ccc(C(=O)NCCCCC(=O)O)cc1. The zero-order valence-electron chi connectivity index (χ0n) is 14.9. The minimum atomic E-state index is -3.75. The van der Waals surface area contributed by atoms with Gasteiger partial charge in [-0.25, -0.2) is 8.42 Å². The average Bonchev–Trinajstić information content (AvgIpc) is 2.63. The number of aliphatic carboxylic acids is 1. The maximum Gasteiger partial charge on any atom is 0.303 e. The molecular weight excluding hydrogens is 368 g/mol. The zero-order chi connectivity index (χ0) is 19.9. The van der Waals surface area contributed by atoms with Gasteiger partial charge in [0.25, 0.3) is 15.9 Å². The Hall–Kier alpha value is -2.87. The molecule has 0 unspecified atom stereocenters. The number of rotatable bonds is 9. The summed E-state index contributed by atoms with van der Waals surface area (Å²) in [4.78, 5) is 22.5. The minimum Gasteiger partial charge on any atom is -0.481 e. The van der Waals surface area contributed by atoms with E-state index in [1.54, 1.807) is 12.1 Å². The lowest BCUT2D eigenvalue weighted by molar-refractivity contribution is -0.137. The van der Waals surface area contributed by atoms with Crippen molar-refractivity contribution in [3.8, 4) is 0 Å². The van der Waals surface area contributed by atoms with Gasteiger partial charge in [-0.15, -0.1) is 0 Å². The molecule has 8 heteroatoms. The summed E-state index contributed by atoms with van der Waals surface area (Å²) < 4.78 is 27.5. The first-order valence-corrected chi connectivity index (χ1v) is 9.96. The summed E-state index contributed by atoms with van der Waals surface area (Å²) in [5, 5.41) is 11.2. The molecule has 0 spiro atoms. The second-order valence-corrected chi connectivity index (χ2v) is 7.73. The first-order chi connectivity index (χ1) is 12.8. The molecule has 7 nitrogen and oxygen atoms in total. The molecule has 0 saturated carbocycles. The highest BCUT2D eigenvalue weighted by Crippen LogP contribution is 2.19. The summed E-state index contributed by atoms with van der Waals surface area (Å²) in [7, 11) is -3.75. The fourth-order valence-corrected chi connectivity index (χ4v) is 3.51. The molecule has 0 aliphatic heterocycles. The van der Waals surface area contributed by atoms with Crippen molar-refractivity contribution >= 4 is 27.6 Å². The second kappa shape index (κ2) is 9.18. The number of aryl methyl sites for hydroxylation is 1. The molecule has 0 radical (unpaired) electrons. The largest absolute Gasteiger partial charge is 0.481 e. The lowest BCUT2D eigenvalue weighted by Gasteiger charge is -2.11. The van der Waals surface area contributed by atoms with E-state index in [0.29, 0.717) is 30.6 Å². The third kappa shape index (κ3) is 6.10. The summed E-state index contributed by atoms with van der Waals surface area (Å²) in [6, 6.07) is 12.7. The molecule has 0 heterocycles. The number of sulfonamides is 1. The maximum atomic E-state index is 12.5. The van der Waals surface area contributed by atoms with Gasteiger partial charge in [0.15, 0.2) is 0 Å². The summed E-state index contributed by atoms with van der Waals surface area (Å²) >= 11 is 0. The molecule has 0 saturated heterocycles. The number of para-hydroxylation sites is 1. The smallest absolute Gasteiger partial charge is 0.303 e. The Morgan fingerprint density at radius 2 is 1.67 bits per heavy atom. The maximum absolute atomic E-state index is 12.5. The van der Waals surface area contributed by atoms with Gasteiger partial charge in [0.05, 0.1) is 10.6 Å². The van der Waals surface area contributed by atoms with Gasteiger partial charge in [0, 0.05) is 18.5 Å². The van der Waals surface area contributed by atoms with Crippen LogP contribution in [-0.4, -0.2) is 31.9 Å². The Balaban J connectivity index is 1.96. The minimum absolute atomic E-state index is 0.0590. The van der Waals surface area contributed by atoms with Crippen molar-refractivity contribution in [3.63, 3.8) is 0 Å². The van der Waals surface area contributed by atoms with Crippen LogP contribution in [-0.2, 0) is 14.8 Å². The Morgan fingerprint density at radius 1 is 1.00 bits per heavy atom. The summed E-state index contributed by atoms with van der Waals surface area (Å²) in [6.07, 6.45) is 1.11. The van der Waals surface area contributed by atoms with Crippen molar-refractivity contribution in [2.24, 2.45) is 0 Å². The van der Waals surface area contributed by atoms with E-state index >= 15 is 0 Å². The Bertz CT molecular complexity index is 908. The number of nitrogens with one attached hydrogen (secondary N) is 2. The summed E-state index contributed by atoms with van der Waals surface area (Å²) in [5.74, 6) is -1.20. The third-order valence-corrected chi connectivity index (χ3v) is 5.30. The van der Waals surface area contributed by atoms with Gasteiger partial charge in [0.1, 0.15) is 0 Å². The van der Waals surface area contributed by atoms with Gasteiger partial charge < -0.3 is 10.4 Å². The molecule has 144 valence electrons. The zero-order valence-corrected chi connectivity index (χ0v) is 15.8. The first-order valence-electron chi connectivity index (χ1n) is 8.48. The number of hydrogen-bond donors (Lipinski definition) is 3. The molecule has 0 atom stereocenters. The van der Waals surface area contributed by atoms with Crippen LogP contribution in [0.3, 0.4) is 0 Å². The highest BCUT2D eigenvalue weighted by molar-refractivity contribution is 7.92. The molecule has 1 amide bonds. The van der Waals surface area contributed by atoms with Gasteiger partial charge in [0.2, 0.25) is 0 Å². The molecule has 3 N–H and O–H groups in total. The number of carboxylic acids is 1. The summed E-state index contributed by atoms with van der Waals surface area (Å²) in [6.45, 7) is 2.17. The lowest BCUT2D eigenvalue weighted by atomic mass is 10.2. The topological polar surface area (TPSA) is 113 Å². The van der Waals surface area contributed by atoms with Crippen LogP contribution in [0.1, 0.15) is 35.2 Å². The number of benzene rings is 2. The number of amides is 1. The van der Waals surface area contributed by atoms with Gasteiger partial charge >= 0.3 is 5.97 Å². The normalized spacial score (nSPS) is 11.0. The second-order valence-electron chi connectivity index (χ2n) is 6.05. The molecule has 2 aromatic rings. The van der Waals surface area contributed by atoms with Crippen molar-refractivity contribution in [1.29, 1.82) is 0 Å². The fourth-order valence-electron chi connectivity index (χ4n) is 2.38. The van der Waals surface area contributed by atoms with Crippen molar-refractivity contribution in [2.75, 3.05) is 11.3 Å². The number of unbranched alkanes of at least 4 members (excludes halogenated alkanes) is 1. The number of carboxylic acid groups (broad SMARTS) is 1. The van der Waals surface area contributed by atoms with Crippen LogP contribution >= 0.6 is 0 Å². The third-order valence-electron chi connectivity index (χ3n) is 3.92. The van der Waals surface area contributed by atoms with Crippen LogP contribution in [0.2, 0.25) is 0 Å². The van der Waals surface area contributed by atoms with Crippen LogP contribution in [0.25, 0.3) is 0 Å². The molecule has 0 aliphatic rings. The molecule has 0 bridgehead atoms. The van der Waals surface area contributed by atoms with E-state index in [1.807, 2.05) is 19.1 Å². The fraction of sp³-hybridized carbons (Fsp3) is 0.263. The Kier molecular flexibility index (Phi) is 6.95. The quantitative estimate of drug-likeness (QED) is 0.570. The highest BCUT2D eigenvalue weighted by Gasteiger charge is 2.16. The van der Waals surface area contributed by atoms with E-state index < -0.39 is 16.0 Å². The van der Waals surface area contributed by atoms with Gasteiger partial charge in [-0.2, -0.15) is 0 Å². The van der Waals surface area contributed by atoms with Crippen LogP contribution in [0.5, 0.6) is 0 Å². The lowest BCUT2D eigenvalue weighted by Crippen LogP contribution is -2.24. The number of anilines is 1. The molecule has 2 aromatic carbocycles. The van der Waals surface area contributed by atoms with Gasteiger partial charge in [-0.1, -0.05) is 18.2 Å². The monoisotopic (exact) mass is 390 g/mol. The standard InChI is InChI=1S/C19H22N2O5S/c1-14-6-2-3-7-17(14)21-27(25,26)16-11-9-15(10-12-16)19(24)20-13-5-4-8-18(22)23/h2-3,6-7,9-12,21H,4-5,8,13H2,1H3,(H,20,24)(H,22,23). The van der Waals surface area contributed by atoms with E-state index in [0.717, 1.165) is 5.56 Å². The Morgan fingerprint density at radius 3 is 2.30 bits per heavy atom. The van der Waals surface area contributed by atoms with Gasteiger partial charge in [-0.05, 0) is 55.7 Å². The van der Waals surface area contributed by atoms with Crippen LogP contribution in [0.4, 0.5) is 5.69 Å². The molecular formula is C19H22N2O5S. The van der Waals surface area contributed by atoms with Crippen LogP contribution in [0.15, 0.2) is 53.4 Å². The predicted octanol–water partition coefficient (Wildman–Crippen LogP) is 2.78. The molecule has 0 aromatic heterocycles. The van der Waals surface area contributed by atoms with Crippen molar-refractivity contribution in [1.82, 2.24) is 5.32 Å². The van der Waals surface area contributed by atoms with Crippen molar-refractivity contribution in [2.45, 2.75) is 31.1 Å². The van der Waals surface area contributed by atoms with Gasteiger partial charge in [-0.3, -0.25) is 14.3 Å². The Labute approximate surface area is 158 Å². The highest BCUT2D eigenvalue weighted by atomic mass is 32.2. The van der Waals surface area contributed by atoms with E-state index in [9.17, 15) is 18.0 Å². The molecule has 2 rings (SSSR count). The number of carbonyl (C=O) groups excluding carboxylic acids is 1. The van der Waals surface area contributed by atoms with Crippen molar-refractivity contribution in [3.05, 3.63) is 59.7 Å². The van der Waals surface area contributed by atoms with Crippen molar-refractivity contribution < 1.29 is 23.1 Å². The number of hydrogen-bond acceptors (Lipinski definition) is 4. The van der Waals surface area contributed by atoms with E-state index in [2.05, 4.69) is 10.0 Å². The van der Waals surface area contributed by atoms with E-state index in [1.165, 1.54) is 24.3 Å². The average molecular weight is 390 g/mol. The van der Waals surface area contributed by atoms with E-state index in [-0.39, 0.29) is 17.2 Å². The summed E-state index contributed by atoms with van der Waals surface area (Å²) in [5.41, 5.74) is 1.64. The van der Waals surface area contributed by atoms with Crippen LogP contribution < -0.4 is 10.0 Å². The molecule has 0 fully saturated rings. The molecule has 0 aliphatic carbocycles. The predicted molar refractivity (Wildman–Crippen MR) is 102 cm³/mol. The number of carbonyl (C=O) groups is 2. The first kappa shape index (κ1) is 20.4. The molecule has 27 heavy (non-hydrogen) atoms. The van der Waals surface area contributed by atoms with E-state index in [4.69, 9.17) is 5.11 Å².